The molecule has 32 heavy (non-hydrogen) atoms. The van der Waals surface area contributed by atoms with Crippen LogP contribution in [0.5, 0.6) is 5.75 Å². The maximum Gasteiger partial charge on any atom is 0.319 e. The van der Waals surface area contributed by atoms with Gasteiger partial charge in [-0.05, 0) is 44.5 Å². The Labute approximate surface area is 204 Å². The number of nitrogens with one attached hydrogen (secondary N) is 2. The second-order valence-corrected chi connectivity index (χ2v) is 6.89. The predicted molar refractivity (Wildman–Crippen MR) is 131 cm³/mol. The molecule has 0 fully saturated rings. The summed E-state index contributed by atoms with van der Waals surface area (Å²) in [5.41, 5.74) is 0.788. The smallest absolute Gasteiger partial charge is 0.319 e. The lowest BCUT2D eigenvalue weighted by Crippen LogP contribution is -2.32. The maximum atomic E-state index is 13.0. The molecule has 1 aromatic carbocycles. The molecule has 0 bridgehead atoms. The minimum absolute atomic E-state index is 0. The fourth-order valence-electron chi connectivity index (χ4n) is 2.58. The van der Waals surface area contributed by atoms with Crippen molar-refractivity contribution >= 4 is 35.6 Å². The van der Waals surface area contributed by atoms with Crippen LogP contribution in [0.1, 0.15) is 32.6 Å². The molecule has 1 aromatic heterocycles. The number of rotatable bonds is 13. The van der Waals surface area contributed by atoms with Crippen LogP contribution in [-0.2, 0) is 16.0 Å². The number of hydrogen-bond acceptors (Lipinski definition) is 5. The van der Waals surface area contributed by atoms with Gasteiger partial charge in [-0.15, -0.1) is 24.0 Å². The summed E-state index contributed by atoms with van der Waals surface area (Å²) in [6.07, 6.45) is 3.41. The normalized spacial score (nSPS) is 11.5. The quantitative estimate of drug-likeness (QED) is 0.163. The predicted octanol–water partition coefficient (Wildman–Crippen LogP) is 4.29. The molecular weight excluding hydrogens is 535 g/mol. The van der Waals surface area contributed by atoms with Crippen molar-refractivity contribution in [3.8, 4) is 5.75 Å². The Morgan fingerprint density at radius 2 is 1.91 bits per heavy atom. The fourth-order valence-corrected chi connectivity index (χ4v) is 2.58. The molecule has 0 unspecified atom stereocenters. The molecule has 0 spiro atoms. The molecule has 2 aromatic rings. The molecule has 11 heteroatoms. The molecule has 0 radical (unpaired) electrons. The molecular formula is C21H32F2IN5O3. The van der Waals surface area contributed by atoms with Gasteiger partial charge < -0.3 is 24.8 Å². The first-order valence-electron chi connectivity index (χ1n) is 10.2. The third-order valence-corrected chi connectivity index (χ3v) is 4.02. The molecule has 0 saturated carbocycles. The van der Waals surface area contributed by atoms with Gasteiger partial charge in [0.05, 0.1) is 19.3 Å². The van der Waals surface area contributed by atoms with E-state index in [9.17, 15) is 8.78 Å². The highest BCUT2D eigenvalue weighted by Gasteiger charge is 2.11. The lowest BCUT2D eigenvalue weighted by molar-refractivity contribution is 0.0671. The first-order chi connectivity index (χ1) is 15.0. The third-order valence-electron chi connectivity index (χ3n) is 4.02. The number of benzene rings is 1. The average Bonchev–Trinajstić information content (AvgIpc) is 3.21. The first kappa shape index (κ1) is 28.0. The number of guanidine groups is 1. The Hall–Kier alpha value is -1.99. The van der Waals surface area contributed by atoms with Crippen molar-refractivity contribution in [1.29, 1.82) is 0 Å². The minimum Gasteiger partial charge on any atom is -0.491 e. The number of aromatic nitrogens is 2. The molecule has 0 aliphatic rings. The number of hydrogen-bond donors (Lipinski definition) is 2. The number of halogens is 3. The van der Waals surface area contributed by atoms with Gasteiger partial charge in [-0.2, -0.15) is 8.78 Å². The molecule has 0 aliphatic carbocycles. The van der Waals surface area contributed by atoms with Crippen molar-refractivity contribution < 1.29 is 23.0 Å². The monoisotopic (exact) mass is 567 g/mol. The van der Waals surface area contributed by atoms with Gasteiger partial charge in [-0.25, -0.2) is 9.98 Å². The van der Waals surface area contributed by atoms with Crippen LogP contribution in [0, 0.1) is 0 Å². The van der Waals surface area contributed by atoms with Gasteiger partial charge in [0.1, 0.15) is 18.1 Å². The van der Waals surface area contributed by atoms with Crippen LogP contribution < -0.4 is 15.4 Å². The Kier molecular flexibility index (Phi) is 13.8. The van der Waals surface area contributed by atoms with Crippen molar-refractivity contribution in [2.45, 2.75) is 39.5 Å². The van der Waals surface area contributed by atoms with Crippen LogP contribution >= 0.6 is 24.0 Å². The Balaban J connectivity index is 0.00000512. The molecule has 8 nitrogen and oxygen atoms in total. The van der Waals surface area contributed by atoms with E-state index >= 15 is 0 Å². The molecule has 0 saturated heterocycles. The van der Waals surface area contributed by atoms with Crippen LogP contribution in [0.15, 0.2) is 41.7 Å². The number of aliphatic imine (C=N–C) groups is 1. The van der Waals surface area contributed by atoms with E-state index in [1.165, 1.54) is 12.4 Å². The van der Waals surface area contributed by atoms with E-state index in [1.807, 2.05) is 38.1 Å². The van der Waals surface area contributed by atoms with Gasteiger partial charge >= 0.3 is 6.55 Å². The van der Waals surface area contributed by atoms with Crippen LogP contribution in [0.4, 0.5) is 14.5 Å². The van der Waals surface area contributed by atoms with Crippen molar-refractivity contribution in [1.82, 2.24) is 14.9 Å². The van der Waals surface area contributed by atoms with E-state index in [0.717, 1.165) is 22.4 Å². The second kappa shape index (κ2) is 15.8. The van der Waals surface area contributed by atoms with Crippen LogP contribution in [0.25, 0.3) is 0 Å². The molecule has 2 N–H and O–H groups in total. The summed E-state index contributed by atoms with van der Waals surface area (Å²) in [4.78, 5) is 8.37. The number of anilines is 1. The largest absolute Gasteiger partial charge is 0.491 e. The number of imidazole rings is 1. The minimum atomic E-state index is -2.66. The van der Waals surface area contributed by atoms with Crippen LogP contribution in [-0.4, -0.2) is 55.1 Å². The zero-order chi connectivity index (χ0) is 22.5. The van der Waals surface area contributed by atoms with E-state index in [4.69, 9.17) is 14.2 Å². The van der Waals surface area contributed by atoms with Crippen LogP contribution in [0.2, 0.25) is 0 Å². The summed E-state index contributed by atoms with van der Waals surface area (Å²) in [6, 6.07) is 7.44. The fraction of sp³-hybridized carbons (Fsp3) is 0.524. The Bertz CT molecular complexity index is 788. The highest BCUT2D eigenvalue weighted by Crippen LogP contribution is 2.17. The van der Waals surface area contributed by atoms with Crippen molar-refractivity contribution in [2.24, 2.45) is 4.99 Å². The molecule has 0 amide bonds. The van der Waals surface area contributed by atoms with Gasteiger partial charge in [0.15, 0.2) is 5.96 Å². The average molecular weight is 567 g/mol. The number of methoxy groups -OCH3 is 1. The molecule has 1 heterocycles. The number of nitrogens with zero attached hydrogens (tertiary/aromatic N) is 3. The molecule has 0 aliphatic heterocycles. The molecule has 180 valence electrons. The van der Waals surface area contributed by atoms with Gasteiger partial charge in [-0.3, -0.25) is 4.57 Å². The van der Waals surface area contributed by atoms with Crippen molar-refractivity contribution in [3.05, 3.63) is 42.5 Å². The standard InChI is InChI=1S/C21H31F2N5O3.HI/c1-16(2)31-18-7-5-17(6-8-18)27-21(25-9-4-12-30-14-13-29-3)26-15-19-24-10-11-28(19)20(22)23;/h5-8,10-11,16,20H,4,9,12-15H2,1-3H3,(H2,25,26,27);1H. The summed E-state index contributed by atoms with van der Waals surface area (Å²) < 4.78 is 42.9. The highest BCUT2D eigenvalue weighted by molar-refractivity contribution is 14.0. The zero-order valence-electron chi connectivity index (χ0n) is 18.6. The van der Waals surface area contributed by atoms with E-state index in [-0.39, 0.29) is 42.4 Å². The lowest BCUT2D eigenvalue weighted by atomic mass is 10.3. The summed E-state index contributed by atoms with van der Waals surface area (Å²) in [5.74, 6) is 1.40. The summed E-state index contributed by atoms with van der Waals surface area (Å²) in [5, 5.41) is 6.37. The summed E-state index contributed by atoms with van der Waals surface area (Å²) >= 11 is 0. The van der Waals surface area contributed by atoms with Gasteiger partial charge in [0.25, 0.3) is 0 Å². The SMILES string of the molecule is COCCOCCCNC(=NCc1nccn1C(F)F)Nc1ccc(OC(C)C)cc1.I. The highest BCUT2D eigenvalue weighted by atomic mass is 127. The number of alkyl halides is 2. The van der Waals surface area contributed by atoms with Crippen molar-refractivity contribution in [2.75, 3.05) is 38.8 Å². The second-order valence-electron chi connectivity index (χ2n) is 6.89. The third kappa shape index (κ3) is 10.6. The maximum absolute atomic E-state index is 13.0. The van der Waals surface area contributed by atoms with Gasteiger partial charge in [0.2, 0.25) is 0 Å². The molecule has 0 atom stereocenters. The molecule has 2 rings (SSSR count). The zero-order valence-corrected chi connectivity index (χ0v) is 20.9. The van der Waals surface area contributed by atoms with Crippen molar-refractivity contribution in [3.63, 3.8) is 0 Å². The van der Waals surface area contributed by atoms with E-state index in [0.29, 0.717) is 32.3 Å². The first-order valence-corrected chi connectivity index (χ1v) is 10.2. The van der Waals surface area contributed by atoms with Crippen LogP contribution in [0.3, 0.4) is 0 Å². The van der Waals surface area contributed by atoms with E-state index in [2.05, 4.69) is 20.6 Å². The van der Waals surface area contributed by atoms with Gasteiger partial charge in [0, 0.05) is 38.3 Å². The Morgan fingerprint density at radius 1 is 1.16 bits per heavy atom. The van der Waals surface area contributed by atoms with Gasteiger partial charge in [-0.1, -0.05) is 0 Å². The van der Waals surface area contributed by atoms with E-state index in [1.54, 1.807) is 7.11 Å². The summed E-state index contributed by atoms with van der Waals surface area (Å²) in [7, 11) is 1.63. The Morgan fingerprint density at radius 3 is 2.56 bits per heavy atom. The topological polar surface area (TPSA) is 81.9 Å². The van der Waals surface area contributed by atoms with E-state index < -0.39 is 6.55 Å². The lowest BCUT2D eigenvalue weighted by Gasteiger charge is -2.14. The summed E-state index contributed by atoms with van der Waals surface area (Å²) in [6.45, 7) is 3.52. The number of ether oxygens (including phenoxy) is 3.